The summed E-state index contributed by atoms with van der Waals surface area (Å²) in [6.07, 6.45) is 0.325. The van der Waals surface area contributed by atoms with E-state index < -0.39 is 11.6 Å². The number of aromatic amines is 1. The Bertz CT molecular complexity index is 875. The summed E-state index contributed by atoms with van der Waals surface area (Å²) >= 11 is 0. The highest BCUT2D eigenvalue weighted by molar-refractivity contribution is 5.90. The third-order valence-electron chi connectivity index (χ3n) is 4.39. The van der Waals surface area contributed by atoms with Gasteiger partial charge in [0.1, 0.15) is 5.82 Å². The first kappa shape index (κ1) is 17.4. The Morgan fingerprint density at radius 3 is 2.52 bits per heavy atom. The van der Waals surface area contributed by atoms with Crippen LogP contribution in [0.4, 0.5) is 14.5 Å². The SMILES string of the molecule is CC.OC1CCN(c2ccccc2-c2[nH]c3cccc(F)c3c2F)C1. The first-order valence-electron chi connectivity index (χ1n) is 8.63. The van der Waals surface area contributed by atoms with E-state index in [0.29, 0.717) is 30.6 Å². The van der Waals surface area contributed by atoms with Crippen LogP contribution >= 0.6 is 0 Å². The van der Waals surface area contributed by atoms with E-state index in [4.69, 9.17) is 0 Å². The molecule has 1 aromatic heterocycles. The number of para-hydroxylation sites is 1. The van der Waals surface area contributed by atoms with Gasteiger partial charge in [0.2, 0.25) is 0 Å². The molecule has 2 aromatic carbocycles. The number of fused-ring (bicyclic) bond motifs is 1. The van der Waals surface area contributed by atoms with Crippen molar-refractivity contribution in [3.8, 4) is 11.3 Å². The van der Waals surface area contributed by atoms with Crippen LogP contribution in [0.2, 0.25) is 0 Å². The molecule has 1 atom stereocenters. The number of anilines is 1. The van der Waals surface area contributed by atoms with Gasteiger partial charge in [0.15, 0.2) is 5.82 Å². The van der Waals surface area contributed by atoms with Gasteiger partial charge in [-0.3, -0.25) is 0 Å². The maximum Gasteiger partial charge on any atom is 0.159 e. The number of aromatic nitrogens is 1. The van der Waals surface area contributed by atoms with Gasteiger partial charge in [-0.2, -0.15) is 0 Å². The Morgan fingerprint density at radius 1 is 1.08 bits per heavy atom. The number of benzene rings is 2. The molecule has 0 saturated carbocycles. The molecule has 0 bridgehead atoms. The topological polar surface area (TPSA) is 39.3 Å². The molecule has 1 fully saturated rings. The lowest BCUT2D eigenvalue weighted by atomic mass is 10.1. The monoisotopic (exact) mass is 344 g/mol. The quantitative estimate of drug-likeness (QED) is 0.707. The number of hydrogen-bond donors (Lipinski definition) is 2. The maximum absolute atomic E-state index is 14.8. The fraction of sp³-hybridized carbons (Fsp3) is 0.300. The van der Waals surface area contributed by atoms with E-state index >= 15 is 0 Å². The molecule has 132 valence electrons. The van der Waals surface area contributed by atoms with E-state index in [1.54, 1.807) is 12.1 Å². The molecule has 1 aliphatic heterocycles. The summed E-state index contributed by atoms with van der Waals surface area (Å²) in [5.41, 5.74) is 2.24. The lowest BCUT2D eigenvalue weighted by Crippen LogP contribution is -2.21. The van der Waals surface area contributed by atoms with E-state index in [2.05, 4.69) is 4.98 Å². The minimum absolute atomic E-state index is 0.0150. The summed E-state index contributed by atoms with van der Waals surface area (Å²) in [5.74, 6) is -1.15. The molecule has 0 spiro atoms. The predicted octanol–water partition coefficient (Wildman–Crippen LogP) is 4.71. The summed E-state index contributed by atoms with van der Waals surface area (Å²) < 4.78 is 28.7. The van der Waals surface area contributed by atoms with Crippen LogP contribution in [0.25, 0.3) is 22.2 Å². The van der Waals surface area contributed by atoms with E-state index in [1.807, 2.05) is 43.0 Å². The fourth-order valence-corrected chi connectivity index (χ4v) is 3.27. The standard InChI is InChI=1S/C18H16F2N2O.C2H6/c19-13-5-3-6-14-16(13)17(20)18(21-14)12-4-1-2-7-15(12)22-9-8-11(23)10-22;1-2/h1-7,11,21,23H,8-10H2;1-2H3. The molecule has 1 unspecified atom stereocenters. The summed E-state index contributed by atoms with van der Waals surface area (Å²) in [6.45, 7) is 5.24. The highest BCUT2D eigenvalue weighted by Gasteiger charge is 2.25. The van der Waals surface area contributed by atoms with Crippen LogP contribution in [-0.4, -0.2) is 29.3 Å². The van der Waals surface area contributed by atoms with Crippen LogP contribution in [0, 0.1) is 11.6 Å². The Morgan fingerprint density at radius 2 is 1.84 bits per heavy atom. The zero-order valence-corrected chi connectivity index (χ0v) is 14.4. The van der Waals surface area contributed by atoms with Crippen molar-refractivity contribution in [1.29, 1.82) is 0 Å². The first-order chi connectivity index (χ1) is 12.1. The van der Waals surface area contributed by atoms with Crippen molar-refractivity contribution in [2.24, 2.45) is 0 Å². The second-order valence-corrected chi connectivity index (χ2v) is 5.88. The molecule has 3 nitrogen and oxygen atoms in total. The molecule has 1 aliphatic rings. The van der Waals surface area contributed by atoms with Crippen molar-refractivity contribution in [2.75, 3.05) is 18.0 Å². The van der Waals surface area contributed by atoms with Gasteiger partial charge in [-0.15, -0.1) is 0 Å². The van der Waals surface area contributed by atoms with Gasteiger partial charge < -0.3 is 15.0 Å². The largest absolute Gasteiger partial charge is 0.391 e. The molecule has 2 heterocycles. The van der Waals surface area contributed by atoms with E-state index in [0.717, 1.165) is 5.69 Å². The number of halogens is 2. The van der Waals surface area contributed by atoms with Gasteiger partial charge in [0, 0.05) is 24.3 Å². The Hall–Kier alpha value is -2.40. The van der Waals surface area contributed by atoms with Gasteiger partial charge in [0.05, 0.1) is 22.7 Å². The van der Waals surface area contributed by atoms with Crippen molar-refractivity contribution < 1.29 is 13.9 Å². The Labute approximate surface area is 145 Å². The fourth-order valence-electron chi connectivity index (χ4n) is 3.27. The van der Waals surface area contributed by atoms with Gasteiger partial charge in [-0.1, -0.05) is 38.1 Å². The molecule has 2 N–H and O–H groups in total. The minimum Gasteiger partial charge on any atom is -0.391 e. The maximum atomic E-state index is 14.8. The number of β-amino-alcohol motifs (C(OH)–C–C–N with tert-alkyl or cyclic N) is 1. The van der Waals surface area contributed by atoms with Crippen LogP contribution in [0.3, 0.4) is 0 Å². The predicted molar refractivity (Wildman–Crippen MR) is 97.8 cm³/mol. The lowest BCUT2D eigenvalue weighted by Gasteiger charge is -2.21. The van der Waals surface area contributed by atoms with Crippen molar-refractivity contribution in [3.63, 3.8) is 0 Å². The number of nitrogens with one attached hydrogen (secondary N) is 1. The zero-order chi connectivity index (χ0) is 18.0. The number of rotatable bonds is 2. The summed E-state index contributed by atoms with van der Waals surface area (Å²) in [7, 11) is 0. The molecule has 3 aromatic rings. The average molecular weight is 344 g/mol. The third-order valence-corrected chi connectivity index (χ3v) is 4.39. The number of aliphatic hydroxyl groups excluding tert-OH is 1. The van der Waals surface area contributed by atoms with Crippen LogP contribution in [0.15, 0.2) is 42.5 Å². The molecule has 5 heteroatoms. The van der Waals surface area contributed by atoms with Crippen LogP contribution < -0.4 is 4.90 Å². The van der Waals surface area contributed by atoms with Gasteiger partial charge >= 0.3 is 0 Å². The molecule has 0 aliphatic carbocycles. The van der Waals surface area contributed by atoms with Crippen LogP contribution in [0.1, 0.15) is 20.3 Å². The van der Waals surface area contributed by atoms with Crippen molar-refractivity contribution in [3.05, 3.63) is 54.1 Å². The Kier molecular flexibility index (Phi) is 5.04. The zero-order valence-electron chi connectivity index (χ0n) is 14.4. The van der Waals surface area contributed by atoms with Gasteiger partial charge in [-0.05, 0) is 24.6 Å². The second-order valence-electron chi connectivity index (χ2n) is 5.88. The normalized spacial score (nSPS) is 16.8. The summed E-state index contributed by atoms with van der Waals surface area (Å²) in [5, 5.41) is 9.74. The van der Waals surface area contributed by atoms with E-state index in [9.17, 15) is 13.9 Å². The number of aliphatic hydroxyl groups is 1. The van der Waals surface area contributed by atoms with Crippen molar-refractivity contribution in [1.82, 2.24) is 4.98 Å². The number of H-pyrrole nitrogens is 1. The summed E-state index contributed by atoms with van der Waals surface area (Å²) in [6, 6.07) is 11.9. The average Bonchev–Trinajstić information content (AvgIpc) is 3.21. The molecule has 0 radical (unpaired) electrons. The molecule has 4 rings (SSSR count). The second kappa shape index (κ2) is 7.23. The third kappa shape index (κ3) is 3.12. The molecule has 25 heavy (non-hydrogen) atoms. The van der Waals surface area contributed by atoms with E-state index in [1.165, 1.54) is 6.07 Å². The highest BCUT2D eigenvalue weighted by atomic mass is 19.1. The number of nitrogens with zero attached hydrogens (tertiary/aromatic N) is 1. The lowest BCUT2D eigenvalue weighted by molar-refractivity contribution is 0.198. The smallest absolute Gasteiger partial charge is 0.159 e. The minimum atomic E-state index is -0.578. The van der Waals surface area contributed by atoms with Crippen LogP contribution in [0.5, 0.6) is 0 Å². The molecule has 0 amide bonds. The molecular formula is C20H22F2N2O. The first-order valence-corrected chi connectivity index (χ1v) is 8.63. The molecular weight excluding hydrogens is 322 g/mol. The Balaban J connectivity index is 0.000000880. The highest BCUT2D eigenvalue weighted by Crippen LogP contribution is 2.36. The van der Waals surface area contributed by atoms with Crippen molar-refractivity contribution in [2.45, 2.75) is 26.4 Å². The summed E-state index contributed by atoms with van der Waals surface area (Å²) in [4.78, 5) is 5.02. The number of hydrogen-bond acceptors (Lipinski definition) is 2. The van der Waals surface area contributed by atoms with Gasteiger partial charge in [0.25, 0.3) is 0 Å². The molecule has 1 saturated heterocycles. The van der Waals surface area contributed by atoms with Crippen LogP contribution in [-0.2, 0) is 0 Å². The van der Waals surface area contributed by atoms with Gasteiger partial charge in [-0.25, -0.2) is 8.78 Å². The van der Waals surface area contributed by atoms with Crippen molar-refractivity contribution >= 4 is 16.6 Å². The van der Waals surface area contributed by atoms with E-state index in [-0.39, 0.29) is 17.2 Å².